The predicted octanol–water partition coefficient (Wildman–Crippen LogP) is 4.61. The molecule has 18 heavy (non-hydrogen) atoms. The molecule has 0 unspecified atom stereocenters. The lowest BCUT2D eigenvalue weighted by atomic mass is 9.71. The molecule has 0 amide bonds. The molecule has 1 aliphatic rings. The fraction of sp³-hybridized carbons (Fsp3) is 0.471. The fourth-order valence-electron chi connectivity index (χ4n) is 2.72. The normalized spacial score (nSPS) is 17.3. The van der Waals surface area contributed by atoms with Crippen molar-refractivity contribution in [2.45, 2.75) is 46.5 Å². The van der Waals surface area contributed by atoms with Gasteiger partial charge in [0.2, 0.25) is 0 Å². The third kappa shape index (κ3) is 2.14. The van der Waals surface area contributed by atoms with Gasteiger partial charge in [0, 0.05) is 5.56 Å². The summed E-state index contributed by atoms with van der Waals surface area (Å²) >= 11 is 0. The SMILES string of the molecule is CC(=O)c1ccc2c(c1)C(C(C)C)=CCC2(C)C. The van der Waals surface area contributed by atoms with Crippen molar-refractivity contribution >= 4 is 11.4 Å². The van der Waals surface area contributed by atoms with Gasteiger partial charge in [-0.1, -0.05) is 45.9 Å². The average molecular weight is 242 g/mol. The number of allylic oxidation sites excluding steroid dienone is 2. The maximum Gasteiger partial charge on any atom is 0.159 e. The predicted molar refractivity (Wildman–Crippen MR) is 76.9 cm³/mol. The van der Waals surface area contributed by atoms with Crippen LogP contribution in [0.1, 0.15) is 62.5 Å². The second kappa shape index (κ2) is 4.38. The molecule has 0 aromatic heterocycles. The van der Waals surface area contributed by atoms with E-state index in [4.69, 9.17) is 0 Å². The second-order valence-electron chi connectivity index (χ2n) is 6.22. The smallest absolute Gasteiger partial charge is 0.159 e. The van der Waals surface area contributed by atoms with Crippen LogP contribution in [0.2, 0.25) is 0 Å². The lowest BCUT2D eigenvalue weighted by Gasteiger charge is -2.33. The molecule has 0 atom stereocenters. The van der Waals surface area contributed by atoms with E-state index < -0.39 is 0 Å². The Bertz CT molecular complexity index is 518. The third-order valence-corrected chi connectivity index (χ3v) is 3.92. The van der Waals surface area contributed by atoms with Crippen LogP contribution in [0.25, 0.3) is 5.57 Å². The van der Waals surface area contributed by atoms with E-state index in [0.717, 1.165) is 12.0 Å². The Hall–Kier alpha value is -1.37. The standard InChI is InChI=1S/C17H22O/c1-11(2)14-8-9-17(4,5)16-7-6-13(12(3)18)10-15(14)16/h6-8,10-11H,9H2,1-5H3. The second-order valence-corrected chi connectivity index (χ2v) is 6.22. The molecule has 0 fully saturated rings. The Labute approximate surface area is 110 Å². The van der Waals surface area contributed by atoms with Gasteiger partial charge in [0.05, 0.1) is 0 Å². The molecule has 1 aromatic rings. The Balaban J connectivity index is 2.63. The van der Waals surface area contributed by atoms with E-state index in [2.05, 4.69) is 45.9 Å². The summed E-state index contributed by atoms with van der Waals surface area (Å²) in [5.41, 5.74) is 5.02. The number of hydrogen-bond donors (Lipinski definition) is 0. The highest BCUT2D eigenvalue weighted by Crippen LogP contribution is 2.41. The van der Waals surface area contributed by atoms with Gasteiger partial charge in [-0.25, -0.2) is 0 Å². The number of fused-ring (bicyclic) bond motifs is 1. The molecule has 0 saturated carbocycles. The van der Waals surface area contributed by atoms with Crippen molar-refractivity contribution < 1.29 is 4.79 Å². The Morgan fingerprint density at radius 3 is 2.50 bits per heavy atom. The highest BCUT2D eigenvalue weighted by molar-refractivity contribution is 5.95. The van der Waals surface area contributed by atoms with Crippen LogP contribution in [0.15, 0.2) is 24.3 Å². The molecule has 0 bridgehead atoms. The molecule has 0 radical (unpaired) electrons. The molecule has 1 aromatic carbocycles. The zero-order valence-electron chi connectivity index (χ0n) is 12.0. The van der Waals surface area contributed by atoms with Crippen LogP contribution in [0.4, 0.5) is 0 Å². The van der Waals surface area contributed by atoms with E-state index in [1.54, 1.807) is 6.92 Å². The van der Waals surface area contributed by atoms with Gasteiger partial charge in [0.1, 0.15) is 0 Å². The van der Waals surface area contributed by atoms with Crippen molar-refractivity contribution in [2.24, 2.45) is 5.92 Å². The summed E-state index contributed by atoms with van der Waals surface area (Å²) in [5.74, 6) is 0.645. The highest BCUT2D eigenvalue weighted by Gasteiger charge is 2.29. The van der Waals surface area contributed by atoms with Crippen molar-refractivity contribution in [3.63, 3.8) is 0 Å². The molecule has 1 aliphatic carbocycles. The maximum atomic E-state index is 11.5. The minimum Gasteiger partial charge on any atom is -0.295 e. The van der Waals surface area contributed by atoms with Crippen LogP contribution in [0, 0.1) is 5.92 Å². The first-order valence-electron chi connectivity index (χ1n) is 6.69. The van der Waals surface area contributed by atoms with E-state index in [1.807, 2.05) is 6.07 Å². The summed E-state index contributed by atoms with van der Waals surface area (Å²) in [7, 11) is 0. The highest BCUT2D eigenvalue weighted by atomic mass is 16.1. The van der Waals surface area contributed by atoms with Gasteiger partial charge in [-0.3, -0.25) is 4.79 Å². The largest absolute Gasteiger partial charge is 0.295 e. The molecule has 96 valence electrons. The molecule has 0 N–H and O–H groups in total. The molecular formula is C17H22O. The van der Waals surface area contributed by atoms with Gasteiger partial charge < -0.3 is 0 Å². The molecule has 0 aliphatic heterocycles. The number of ketones is 1. The summed E-state index contributed by atoms with van der Waals surface area (Å²) in [6, 6.07) is 6.18. The number of carbonyl (C=O) groups is 1. The first kappa shape index (κ1) is 13.1. The van der Waals surface area contributed by atoms with Crippen LogP contribution in [0.5, 0.6) is 0 Å². The quantitative estimate of drug-likeness (QED) is 0.692. The van der Waals surface area contributed by atoms with Gasteiger partial charge in [-0.15, -0.1) is 0 Å². The number of Topliss-reactive ketones (excluding diaryl/α,β-unsaturated/α-hetero) is 1. The zero-order valence-corrected chi connectivity index (χ0v) is 12.0. The van der Waals surface area contributed by atoms with Gasteiger partial charge in [0.15, 0.2) is 5.78 Å². The number of rotatable bonds is 2. The first-order valence-corrected chi connectivity index (χ1v) is 6.69. The molecule has 1 nitrogen and oxygen atoms in total. The van der Waals surface area contributed by atoms with E-state index in [9.17, 15) is 4.79 Å². The zero-order chi connectivity index (χ0) is 13.5. The number of hydrogen-bond acceptors (Lipinski definition) is 1. The summed E-state index contributed by atoms with van der Waals surface area (Å²) < 4.78 is 0. The first-order chi connectivity index (χ1) is 8.33. The van der Waals surface area contributed by atoms with E-state index >= 15 is 0 Å². The van der Waals surface area contributed by atoms with Crippen molar-refractivity contribution in [1.29, 1.82) is 0 Å². The van der Waals surface area contributed by atoms with Gasteiger partial charge in [-0.05, 0) is 47.4 Å². The van der Waals surface area contributed by atoms with E-state index in [-0.39, 0.29) is 11.2 Å². The molecular weight excluding hydrogens is 220 g/mol. The Morgan fingerprint density at radius 1 is 1.28 bits per heavy atom. The lowest BCUT2D eigenvalue weighted by molar-refractivity contribution is 0.101. The third-order valence-electron chi connectivity index (χ3n) is 3.92. The maximum absolute atomic E-state index is 11.5. The van der Waals surface area contributed by atoms with Gasteiger partial charge >= 0.3 is 0 Å². The van der Waals surface area contributed by atoms with Crippen molar-refractivity contribution in [2.75, 3.05) is 0 Å². The minimum absolute atomic E-state index is 0.143. The van der Waals surface area contributed by atoms with Crippen LogP contribution in [0.3, 0.4) is 0 Å². The molecule has 1 heteroatoms. The van der Waals surface area contributed by atoms with Crippen LogP contribution in [-0.2, 0) is 5.41 Å². The van der Waals surface area contributed by atoms with Crippen LogP contribution >= 0.6 is 0 Å². The Morgan fingerprint density at radius 2 is 1.94 bits per heavy atom. The molecule has 2 rings (SSSR count). The fourth-order valence-corrected chi connectivity index (χ4v) is 2.72. The van der Waals surface area contributed by atoms with Crippen molar-refractivity contribution in [3.8, 4) is 0 Å². The topological polar surface area (TPSA) is 17.1 Å². The molecule has 0 saturated heterocycles. The van der Waals surface area contributed by atoms with E-state index in [1.165, 1.54) is 16.7 Å². The Kier molecular flexibility index (Phi) is 3.18. The lowest BCUT2D eigenvalue weighted by Crippen LogP contribution is -2.23. The number of benzene rings is 1. The average Bonchev–Trinajstić information content (AvgIpc) is 2.27. The number of carbonyl (C=O) groups excluding carboxylic acids is 1. The summed E-state index contributed by atoms with van der Waals surface area (Å²) in [4.78, 5) is 11.5. The monoisotopic (exact) mass is 242 g/mol. The summed E-state index contributed by atoms with van der Waals surface area (Å²) in [5, 5.41) is 0. The van der Waals surface area contributed by atoms with Gasteiger partial charge in [0.25, 0.3) is 0 Å². The van der Waals surface area contributed by atoms with Crippen LogP contribution < -0.4 is 0 Å². The summed E-state index contributed by atoms with van der Waals surface area (Å²) in [6.07, 6.45) is 3.42. The summed E-state index contributed by atoms with van der Waals surface area (Å²) in [6.45, 7) is 10.6. The molecule has 0 spiro atoms. The van der Waals surface area contributed by atoms with Crippen molar-refractivity contribution in [1.82, 2.24) is 0 Å². The molecule has 0 heterocycles. The van der Waals surface area contributed by atoms with Gasteiger partial charge in [-0.2, -0.15) is 0 Å². The van der Waals surface area contributed by atoms with Crippen molar-refractivity contribution in [3.05, 3.63) is 41.0 Å². The van der Waals surface area contributed by atoms with E-state index in [0.29, 0.717) is 5.92 Å². The van der Waals surface area contributed by atoms with Crippen LogP contribution in [-0.4, -0.2) is 5.78 Å². The minimum atomic E-state index is 0.143.